The number of hydrogen-bond acceptors (Lipinski definition) is 2. The van der Waals surface area contributed by atoms with Crippen molar-refractivity contribution in [1.82, 2.24) is 0 Å². The Hall–Kier alpha value is -0.610. The third kappa shape index (κ3) is 3.32. The highest BCUT2D eigenvalue weighted by atomic mass is 79.9. The minimum absolute atomic E-state index is 0.145. The summed E-state index contributed by atoms with van der Waals surface area (Å²) in [6.45, 7) is 0.795. The fourth-order valence-electron chi connectivity index (χ4n) is 0.918. The van der Waals surface area contributed by atoms with Crippen LogP contribution < -0.4 is 5.32 Å². The van der Waals surface area contributed by atoms with Gasteiger partial charge in [-0.25, -0.2) is 4.39 Å². The summed E-state index contributed by atoms with van der Waals surface area (Å²) >= 11 is 3.07. The van der Waals surface area contributed by atoms with Gasteiger partial charge in [0.15, 0.2) is 0 Å². The van der Waals surface area contributed by atoms with E-state index in [0.29, 0.717) is 17.4 Å². The molecule has 0 fully saturated rings. The van der Waals surface area contributed by atoms with Crippen LogP contribution in [0.4, 0.5) is 10.1 Å². The van der Waals surface area contributed by atoms with Crippen LogP contribution in [0.3, 0.4) is 0 Å². The number of aliphatic hydroxyl groups excluding tert-OH is 1. The Bertz CT molecular complexity index is 280. The van der Waals surface area contributed by atoms with Crippen molar-refractivity contribution < 1.29 is 9.50 Å². The maximum absolute atomic E-state index is 13.0. The molecular weight excluding hydrogens is 237 g/mol. The Labute approximate surface area is 84.9 Å². The molecule has 0 radical (unpaired) electrons. The molecule has 0 aliphatic rings. The third-order valence-electron chi connectivity index (χ3n) is 1.58. The van der Waals surface area contributed by atoms with E-state index in [1.54, 1.807) is 12.1 Å². The van der Waals surface area contributed by atoms with Gasteiger partial charge in [0, 0.05) is 18.8 Å². The van der Waals surface area contributed by atoms with Gasteiger partial charge in [-0.05, 0) is 40.5 Å². The topological polar surface area (TPSA) is 32.3 Å². The maximum Gasteiger partial charge on any atom is 0.139 e. The number of aliphatic hydroxyl groups is 1. The predicted octanol–water partition coefficient (Wildman–Crippen LogP) is 2.38. The van der Waals surface area contributed by atoms with Gasteiger partial charge in [-0.3, -0.25) is 0 Å². The molecule has 0 amide bonds. The summed E-state index contributed by atoms with van der Waals surface area (Å²) in [6, 6.07) is 4.85. The molecule has 1 aromatic rings. The van der Waals surface area contributed by atoms with Crippen LogP contribution in [0, 0.1) is 5.82 Å². The molecule has 0 aliphatic heterocycles. The van der Waals surface area contributed by atoms with Crippen molar-refractivity contribution in [2.24, 2.45) is 0 Å². The van der Waals surface area contributed by atoms with Gasteiger partial charge in [0.25, 0.3) is 0 Å². The van der Waals surface area contributed by atoms with E-state index in [9.17, 15) is 4.39 Å². The van der Waals surface area contributed by atoms with Gasteiger partial charge in [0.2, 0.25) is 0 Å². The van der Waals surface area contributed by atoms with Crippen molar-refractivity contribution in [1.29, 1.82) is 0 Å². The second kappa shape index (κ2) is 5.19. The normalized spacial score (nSPS) is 10.1. The maximum atomic E-state index is 13.0. The van der Waals surface area contributed by atoms with Gasteiger partial charge in [-0.15, -0.1) is 0 Å². The van der Waals surface area contributed by atoms with Crippen LogP contribution in [0.5, 0.6) is 0 Å². The van der Waals surface area contributed by atoms with Crippen LogP contribution in [-0.4, -0.2) is 18.3 Å². The van der Waals surface area contributed by atoms with Crippen LogP contribution >= 0.6 is 15.9 Å². The standard InChI is InChI=1S/C9H11BrFNO/c10-8-3-2-7(6-9(8)11)12-4-1-5-13/h2-3,6,12-13H,1,4-5H2. The fraction of sp³-hybridized carbons (Fsp3) is 0.333. The molecular formula is C9H11BrFNO. The van der Waals surface area contributed by atoms with E-state index in [1.165, 1.54) is 6.07 Å². The largest absolute Gasteiger partial charge is 0.396 e. The lowest BCUT2D eigenvalue weighted by molar-refractivity contribution is 0.292. The van der Waals surface area contributed by atoms with Gasteiger partial charge in [-0.1, -0.05) is 0 Å². The Morgan fingerprint density at radius 3 is 2.85 bits per heavy atom. The van der Waals surface area contributed by atoms with Crippen LogP contribution in [0.15, 0.2) is 22.7 Å². The van der Waals surface area contributed by atoms with E-state index in [1.807, 2.05) is 0 Å². The Balaban J connectivity index is 2.53. The van der Waals surface area contributed by atoms with Crippen LogP contribution in [0.2, 0.25) is 0 Å². The Morgan fingerprint density at radius 2 is 2.23 bits per heavy atom. The highest BCUT2D eigenvalue weighted by molar-refractivity contribution is 9.10. The number of halogens is 2. The fourth-order valence-corrected chi connectivity index (χ4v) is 1.16. The van der Waals surface area contributed by atoms with Crippen LogP contribution in [-0.2, 0) is 0 Å². The van der Waals surface area contributed by atoms with Gasteiger partial charge in [0.1, 0.15) is 5.82 Å². The number of hydrogen-bond donors (Lipinski definition) is 2. The highest BCUT2D eigenvalue weighted by Crippen LogP contribution is 2.18. The molecule has 0 aliphatic carbocycles. The molecule has 0 aromatic heterocycles. The average molecular weight is 248 g/mol. The average Bonchev–Trinajstić information content (AvgIpc) is 2.12. The lowest BCUT2D eigenvalue weighted by Gasteiger charge is -2.05. The monoisotopic (exact) mass is 247 g/mol. The van der Waals surface area contributed by atoms with E-state index >= 15 is 0 Å². The second-order valence-electron chi connectivity index (χ2n) is 2.63. The zero-order valence-electron chi connectivity index (χ0n) is 7.06. The van der Waals surface area contributed by atoms with Crippen LogP contribution in [0.25, 0.3) is 0 Å². The van der Waals surface area contributed by atoms with Gasteiger partial charge >= 0.3 is 0 Å². The summed E-state index contributed by atoms with van der Waals surface area (Å²) < 4.78 is 13.4. The summed E-state index contributed by atoms with van der Waals surface area (Å²) in [7, 11) is 0. The first-order valence-corrected chi connectivity index (χ1v) is 4.83. The minimum atomic E-state index is -0.283. The number of anilines is 1. The van der Waals surface area contributed by atoms with Crippen molar-refractivity contribution >= 4 is 21.6 Å². The molecule has 0 bridgehead atoms. The Morgan fingerprint density at radius 1 is 1.46 bits per heavy atom. The van der Waals surface area contributed by atoms with E-state index in [4.69, 9.17) is 5.11 Å². The first-order valence-electron chi connectivity index (χ1n) is 4.04. The van der Waals surface area contributed by atoms with Crippen molar-refractivity contribution in [2.45, 2.75) is 6.42 Å². The highest BCUT2D eigenvalue weighted by Gasteiger charge is 1.99. The van der Waals surface area contributed by atoms with Crippen molar-refractivity contribution in [3.05, 3.63) is 28.5 Å². The van der Waals surface area contributed by atoms with Gasteiger partial charge in [0.05, 0.1) is 4.47 Å². The summed E-state index contributed by atoms with van der Waals surface area (Å²) in [6.07, 6.45) is 0.664. The Kier molecular flexibility index (Phi) is 4.18. The summed E-state index contributed by atoms with van der Waals surface area (Å²) in [5.41, 5.74) is 0.731. The van der Waals surface area contributed by atoms with E-state index in [-0.39, 0.29) is 12.4 Å². The van der Waals surface area contributed by atoms with E-state index in [2.05, 4.69) is 21.2 Å². The molecule has 13 heavy (non-hydrogen) atoms. The SMILES string of the molecule is OCCCNc1ccc(Br)c(F)c1. The molecule has 72 valence electrons. The van der Waals surface area contributed by atoms with Gasteiger partial charge < -0.3 is 10.4 Å². The molecule has 0 atom stereocenters. The number of benzene rings is 1. The zero-order valence-corrected chi connectivity index (χ0v) is 8.64. The molecule has 0 heterocycles. The number of rotatable bonds is 4. The van der Waals surface area contributed by atoms with E-state index in [0.717, 1.165) is 5.69 Å². The van der Waals surface area contributed by atoms with Crippen molar-refractivity contribution in [3.63, 3.8) is 0 Å². The molecule has 1 rings (SSSR count). The molecule has 0 saturated carbocycles. The van der Waals surface area contributed by atoms with Crippen LogP contribution in [0.1, 0.15) is 6.42 Å². The molecule has 0 saturated heterocycles. The predicted molar refractivity (Wildman–Crippen MR) is 54.3 cm³/mol. The molecule has 1 aromatic carbocycles. The van der Waals surface area contributed by atoms with E-state index < -0.39 is 0 Å². The first kappa shape index (κ1) is 10.5. The van der Waals surface area contributed by atoms with Crippen molar-refractivity contribution in [3.8, 4) is 0 Å². The molecule has 4 heteroatoms. The quantitative estimate of drug-likeness (QED) is 0.802. The number of nitrogens with one attached hydrogen (secondary N) is 1. The molecule has 0 unspecified atom stereocenters. The summed E-state index contributed by atoms with van der Waals surface area (Å²) in [5.74, 6) is -0.283. The third-order valence-corrected chi connectivity index (χ3v) is 2.23. The smallest absolute Gasteiger partial charge is 0.139 e. The summed E-state index contributed by atoms with van der Waals surface area (Å²) in [4.78, 5) is 0. The summed E-state index contributed by atoms with van der Waals surface area (Å²) in [5, 5.41) is 11.5. The lowest BCUT2D eigenvalue weighted by atomic mass is 10.3. The molecule has 2 N–H and O–H groups in total. The second-order valence-corrected chi connectivity index (χ2v) is 3.49. The minimum Gasteiger partial charge on any atom is -0.396 e. The lowest BCUT2D eigenvalue weighted by Crippen LogP contribution is -2.03. The first-order chi connectivity index (χ1) is 6.24. The molecule has 0 spiro atoms. The molecule has 2 nitrogen and oxygen atoms in total. The van der Waals surface area contributed by atoms with Crippen molar-refractivity contribution in [2.75, 3.05) is 18.5 Å². The zero-order chi connectivity index (χ0) is 9.68. The van der Waals surface area contributed by atoms with Gasteiger partial charge in [-0.2, -0.15) is 0 Å².